The molecule has 0 saturated heterocycles. The van der Waals surface area contributed by atoms with E-state index >= 15 is 0 Å². The molecule has 3 heterocycles. The van der Waals surface area contributed by atoms with Crippen LogP contribution >= 0.6 is 0 Å². The molecular formula is C15H19N5O2. The largest absolute Gasteiger partial charge is 0.467 e. The summed E-state index contributed by atoms with van der Waals surface area (Å²) in [6, 6.07) is 3.45. The van der Waals surface area contributed by atoms with Gasteiger partial charge in [-0.2, -0.15) is 0 Å². The van der Waals surface area contributed by atoms with Gasteiger partial charge in [0.05, 0.1) is 12.8 Å². The molecule has 7 heteroatoms. The lowest BCUT2D eigenvalue weighted by Gasteiger charge is -2.30. The summed E-state index contributed by atoms with van der Waals surface area (Å²) in [7, 11) is 1.89. The van der Waals surface area contributed by atoms with Crippen LogP contribution in [0, 0.1) is 5.92 Å². The van der Waals surface area contributed by atoms with E-state index in [2.05, 4.69) is 20.6 Å². The number of nitrogens with zero attached hydrogens (tertiary/aromatic N) is 3. The second-order valence-electron chi connectivity index (χ2n) is 5.71. The predicted octanol–water partition coefficient (Wildman–Crippen LogP) is 2.09. The van der Waals surface area contributed by atoms with Gasteiger partial charge < -0.3 is 20.0 Å². The van der Waals surface area contributed by atoms with E-state index < -0.39 is 0 Å². The molecule has 0 spiro atoms. The topological polar surface area (TPSA) is 83.3 Å². The van der Waals surface area contributed by atoms with Crippen molar-refractivity contribution in [2.24, 2.45) is 5.92 Å². The molecular weight excluding hydrogens is 282 g/mol. The van der Waals surface area contributed by atoms with Crippen LogP contribution in [0.3, 0.4) is 0 Å². The van der Waals surface area contributed by atoms with E-state index in [1.165, 1.54) is 6.33 Å². The number of amides is 1. The Hall–Kier alpha value is -2.57. The molecule has 0 aliphatic carbocycles. The Morgan fingerprint density at radius 1 is 1.41 bits per heavy atom. The number of anilines is 3. The number of rotatable bonds is 4. The average molecular weight is 301 g/mol. The second-order valence-corrected chi connectivity index (χ2v) is 5.71. The molecule has 1 amide bonds. The zero-order chi connectivity index (χ0) is 15.7. The summed E-state index contributed by atoms with van der Waals surface area (Å²) >= 11 is 0. The maximum Gasteiger partial charge on any atom is 0.247 e. The molecule has 0 aromatic carbocycles. The lowest BCUT2D eigenvalue weighted by Crippen LogP contribution is -2.43. The third-order valence-corrected chi connectivity index (χ3v) is 3.65. The summed E-state index contributed by atoms with van der Waals surface area (Å²) in [5.74, 6) is 2.24. The quantitative estimate of drug-likeness (QED) is 0.899. The fraction of sp³-hybridized carbons (Fsp3) is 0.400. The monoisotopic (exact) mass is 301 g/mol. The van der Waals surface area contributed by atoms with Crippen LogP contribution in [0.4, 0.5) is 17.3 Å². The molecule has 1 aliphatic rings. The number of aromatic nitrogens is 2. The van der Waals surface area contributed by atoms with Gasteiger partial charge in [-0.25, -0.2) is 9.97 Å². The zero-order valence-corrected chi connectivity index (χ0v) is 12.8. The van der Waals surface area contributed by atoms with E-state index in [-0.39, 0.29) is 17.9 Å². The summed E-state index contributed by atoms with van der Waals surface area (Å²) in [5, 5.41) is 6.11. The molecule has 2 aromatic heterocycles. The van der Waals surface area contributed by atoms with Crippen LogP contribution in [0.1, 0.15) is 19.6 Å². The number of furan rings is 1. The van der Waals surface area contributed by atoms with E-state index in [1.54, 1.807) is 6.26 Å². The highest BCUT2D eigenvalue weighted by Crippen LogP contribution is 2.33. The highest BCUT2D eigenvalue weighted by atomic mass is 16.3. The fourth-order valence-electron chi connectivity index (χ4n) is 2.48. The highest BCUT2D eigenvalue weighted by molar-refractivity contribution is 6.05. The van der Waals surface area contributed by atoms with E-state index in [9.17, 15) is 4.79 Å². The first-order valence-electron chi connectivity index (χ1n) is 7.22. The molecule has 1 atom stereocenters. The Morgan fingerprint density at radius 2 is 2.23 bits per heavy atom. The van der Waals surface area contributed by atoms with Gasteiger partial charge in [0, 0.05) is 7.05 Å². The summed E-state index contributed by atoms with van der Waals surface area (Å²) in [4.78, 5) is 22.7. The first-order valence-corrected chi connectivity index (χ1v) is 7.22. The zero-order valence-electron chi connectivity index (χ0n) is 12.8. The molecule has 3 rings (SSSR count). The maximum atomic E-state index is 12.2. The molecule has 0 saturated carbocycles. The lowest BCUT2D eigenvalue weighted by atomic mass is 10.0. The van der Waals surface area contributed by atoms with Gasteiger partial charge in [0.15, 0.2) is 11.6 Å². The van der Waals surface area contributed by atoms with Crippen molar-refractivity contribution in [1.82, 2.24) is 9.97 Å². The van der Waals surface area contributed by atoms with Gasteiger partial charge in [-0.1, -0.05) is 13.8 Å². The number of nitrogens with one attached hydrogen (secondary N) is 2. The number of hydrogen-bond acceptors (Lipinski definition) is 6. The van der Waals surface area contributed by atoms with Crippen LogP contribution < -0.4 is 15.5 Å². The third-order valence-electron chi connectivity index (χ3n) is 3.65. The van der Waals surface area contributed by atoms with Crippen molar-refractivity contribution in [3.05, 3.63) is 30.5 Å². The fourth-order valence-corrected chi connectivity index (χ4v) is 2.48. The van der Waals surface area contributed by atoms with E-state index in [0.717, 1.165) is 5.76 Å². The normalized spacial score (nSPS) is 16.9. The van der Waals surface area contributed by atoms with Crippen LogP contribution in [0.25, 0.3) is 0 Å². The van der Waals surface area contributed by atoms with Crippen LogP contribution in [0.2, 0.25) is 0 Å². The summed E-state index contributed by atoms with van der Waals surface area (Å²) in [6.45, 7) is 4.54. The number of fused-ring (bicyclic) bond motifs is 1. The molecule has 116 valence electrons. The van der Waals surface area contributed by atoms with Gasteiger partial charge in [0.25, 0.3) is 0 Å². The highest BCUT2D eigenvalue weighted by Gasteiger charge is 2.31. The molecule has 7 nitrogen and oxygen atoms in total. The minimum atomic E-state index is -0.286. The molecule has 2 N–H and O–H groups in total. The standard InChI is InChI=1S/C15H19N5O2/c1-9(2)11-15(21)19-12-13(18-11)16-8-17-14(12)20(3)7-10-5-4-6-22-10/h4-6,8-9,11H,7H2,1-3H3,(H,19,21)(H,16,17,18). The molecule has 0 radical (unpaired) electrons. The Kier molecular flexibility index (Phi) is 3.70. The van der Waals surface area contributed by atoms with Gasteiger partial charge >= 0.3 is 0 Å². The van der Waals surface area contributed by atoms with Gasteiger partial charge in [-0.15, -0.1) is 0 Å². The van der Waals surface area contributed by atoms with Crippen molar-refractivity contribution in [2.75, 3.05) is 22.6 Å². The summed E-state index contributed by atoms with van der Waals surface area (Å²) < 4.78 is 5.35. The predicted molar refractivity (Wildman–Crippen MR) is 83.7 cm³/mol. The number of carbonyl (C=O) groups excluding carboxylic acids is 1. The Labute approximate surface area is 128 Å². The number of hydrogen-bond donors (Lipinski definition) is 2. The summed E-state index contributed by atoms with van der Waals surface area (Å²) in [5.41, 5.74) is 0.610. The molecule has 1 unspecified atom stereocenters. The smallest absolute Gasteiger partial charge is 0.247 e. The van der Waals surface area contributed by atoms with Gasteiger partial charge in [-0.3, -0.25) is 4.79 Å². The average Bonchev–Trinajstić information content (AvgIpc) is 2.98. The summed E-state index contributed by atoms with van der Waals surface area (Å²) in [6.07, 6.45) is 3.13. The lowest BCUT2D eigenvalue weighted by molar-refractivity contribution is -0.117. The number of carbonyl (C=O) groups is 1. The van der Waals surface area contributed by atoms with Crippen molar-refractivity contribution < 1.29 is 9.21 Å². The van der Waals surface area contributed by atoms with Crippen LogP contribution in [-0.4, -0.2) is 29.0 Å². The van der Waals surface area contributed by atoms with Gasteiger partial charge in [-0.05, 0) is 18.1 Å². The Balaban J connectivity index is 1.88. The van der Waals surface area contributed by atoms with E-state index in [4.69, 9.17) is 4.42 Å². The first kappa shape index (κ1) is 14.4. The van der Waals surface area contributed by atoms with Gasteiger partial charge in [0.2, 0.25) is 5.91 Å². The van der Waals surface area contributed by atoms with Crippen molar-refractivity contribution in [2.45, 2.75) is 26.4 Å². The van der Waals surface area contributed by atoms with E-state index in [0.29, 0.717) is 23.9 Å². The molecule has 1 aliphatic heterocycles. The minimum absolute atomic E-state index is 0.0649. The Bertz CT molecular complexity index is 669. The van der Waals surface area contributed by atoms with Crippen molar-refractivity contribution in [1.29, 1.82) is 0 Å². The Morgan fingerprint density at radius 3 is 2.91 bits per heavy atom. The molecule has 22 heavy (non-hydrogen) atoms. The minimum Gasteiger partial charge on any atom is -0.467 e. The van der Waals surface area contributed by atoms with E-state index in [1.807, 2.05) is 37.9 Å². The maximum absolute atomic E-state index is 12.2. The van der Waals surface area contributed by atoms with Crippen LogP contribution in [0.5, 0.6) is 0 Å². The van der Waals surface area contributed by atoms with Gasteiger partial charge in [0.1, 0.15) is 23.8 Å². The molecule has 0 bridgehead atoms. The first-order chi connectivity index (χ1) is 10.6. The van der Waals surface area contributed by atoms with Crippen molar-refractivity contribution in [3.8, 4) is 0 Å². The van der Waals surface area contributed by atoms with Crippen molar-refractivity contribution >= 4 is 23.2 Å². The van der Waals surface area contributed by atoms with Crippen molar-refractivity contribution in [3.63, 3.8) is 0 Å². The van der Waals surface area contributed by atoms with Crippen LogP contribution in [-0.2, 0) is 11.3 Å². The third kappa shape index (κ3) is 2.61. The van der Waals surface area contributed by atoms with Crippen LogP contribution in [0.15, 0.2) is 29.1 Å². The molecule has 2 aromatic rings. The second kappa shape index (κ2) is 5.67. The molecule has 0 fully saturated rings. The SMILES string of the molecule is CC(C)C1Nc2ncnc(N(C)Cc3ccco3)c2NC1=O.